The van der Waals surface area contributed by atoms with Crippen LogP contribution >= 0.6 is 11.6 Å². The Morgan fingerprint density at radius 3 is 2.95 bits per heavy atom. The van der Waals surface area contributed by atoms with Gasteiger partial charge in [-0.05, 0) is 25.7 Å². The molecule has 106 valence electrons. The average Bonchev–Trinajstić information content (AvgIpc) is 2.42. The lowest BCUT2D eigenvalue weighted by Crippen LogP contribution is -2.34. The van der Waals surface area contributed by atoms with Gasteiger partial charge in [0.15, 0.2) is 0 Å². The molecule has 2 heterocycles. The zero-order valence-corrected chi connectivity index (χ0v) is 12.5. The molecule has 0 bridgehead atoms. The number of halogens is 1. The molecule has 0 aliphatic carbocycles. The van der Waals surface area contributed by atoms with Gasteiger partial charge in [0.2, 0.25) is 0 Å². The van der Waals surface area contributed by atoms with Crippen molar-refractivity contribution in [2.75, 3.05) is 25.1 Å². The fourth-order valence-corrected chi connectivity index (χ4v) is 2.74. The number of hydrogen-bond acceptors (Lipinski definition) is 4. The summed E-state index contributed by atoms with van der Waals surface area (Å²) < 4.78 is 5.78. The number of likely N-dealkylation sites (N-methyl/N-ethyl adjacent to an activating group) is 1. The highest BCUT2D eigenvalue weighted by molar-refractivity contribution is 6.30. The summed E-state index contributed by atoms with van der Waals surface area (Å²) in [6.45, 7) is 3.88. The molecule has 1 aliphatic heterocycles. The Balaban J connectivity index is 2.08. The Kier molecular flexibility index (Phi) is 5.40. The van der Waals surface area contributed by atoms with Crippen molar-refractivity contribution in [3.8, 4) is 0 Å². The van der Waals surface area contributed by atoms with E-state index >= 15 is 0 Å². The van der Waals surface area contributed by atoms with Crippen LogP contribution in [-0.2, 0) is 11.2 Å². The van der Waals surface area contributed by atoms with Crippen molar-refractivity contribution in [1.82, 2.24) is 9.97 Å². The maximum absolute atomic E-state index is 6.19. The molecule has 1 aromatic rings. The molecule has 2 rings (SSSR count). The van der Waals surface area contributed by atoms with Crippen LogP contribution in [0.15, 0.2) is 6.33 Å². The molecule has 19 heavy (non-hydrogen) atoms. The van der Waals surface area contributed by atoms with Crippen LogP contribution in [0.2, 0.25) is 5.15 Å². The minimum absolute atomic E-state index is 0.307. The molecule has 0 aromatic carbocycles. The average molecular weight is 284 g/mol. The van der Waals surface area contributed by atoms with Crippen LogP contribution in [0.25, 0.3) is 0 Å². The van der Waals surface area contributed by atoms with Crippen molar-refractivity contribution in [3.63, 3.8) is 0 Å². The van der Waals surface area contributed by atoms with E-state index in [2.05, 4.69) is 28.8 Å². The molecule has 5 heteroatoms. The van der Waals surface area contributed by atoms with E-state index in [4.69, 9.17) is 16.3 Å². The molecular weight excluding hydrogens is 262 g/mol. The third-order valence-electron chi connectivity index (χ3n) is 3.48. The number of aromatic nitrogens is 2. The topological polar surface area (TPSA) is 38.2 Å². The molecule has 1 aromatic heterocycles. The predicted octanol–water partition coefficient (Wildman–Crippen LogP) is 3.09. The van der Waals surface area contributed by atoms with Gasteiger partial charge in [0.25, 0.3) is 0 Å². The number of ether oxygens (including phenoxy) is 1. The van der Waals surface area contributed by atoms with Gasteiger partial charge in [0.05, 0.1) is 6.10 Å². The van der Waals surface area contributed by atoms with Gasteiger partial charge >= 0.3 is 0 Å². The van der Waals surface area contributed by atoms with E-state index in [1.54, 1.807) is 0 Å². The van der Waals surface area contributed by atoms with Gasteiger partial charge in [0.1, 0.15) is 17.3 Å². The van der Waals surface area contributed by atoms with Gasteiger partial charge in [0, 0.05) is 25.8 Å². The van der Waals surface area contributed by atoms with Crippen LogP contribution < -0.4 is 4.90 Å². The van der Waals surface area contributed by atoms with Crippen LogP contribution in [0.5, 0.6) is 0 Å². The molecule has 0 amide bonds. The summed E-state index contributed by atoms with van der Waals surface area (Å²) in [5, 5.41) is 0.572. The van der Waals surface area contributed by atoms with Crippen molar-refractivity contribution < 1.29 is 4.74 Å². The van der Waals surface area contributed by atoms with E-state index < -0.39 is 0 Å². The summed E-state index contributed by atoms with van der Waals surface area (Å²) in [5.74, 6) is 0.941. The molecule has 1 saturated heterocycles. The minimum Gasteiger partial charge on any atom is -0.376 e. The monoisotopic (exact) mass is 283 g/mol. The molecule has 0 saturated carbocycles. The largest absolute Gasteiger partial charge is 0.376 e. The normalized spacial score (nSPS) is 19.4. The van der Waals surface area contributed by atoms with E-state index in [9.17, 15) is 0 Å². The van der Waals surface area contributed by atoms with Gasteiger partial charge in [-0.1, -0.05) is 24.9 Å². The molecule has 4 nitrogen and oxygen atoms in total. The highest BCUT2D eigenvalue weighted by atomic mass is 35.5. The van der Waals surface area contributed by atoms with Crippen molar-refractivity contribution in [1.29, 1.82) is 0 Å². The lowest BCUT2D eigenvalue weighted by Gasteiger charge is -2.29. The van der Waals surface area contributed by atoms with E-state index in [1.807, 2.05) is 0 Å². The number of hydrogen-bond donors (Lipinski definition) is 0. The van der Waals surface area contributed by atoms with Gasteiger partial charge in [-0.3, -0.25) is 0 Å². The first-order valence-corrected chi connectivity index (χ1v) is 7.42. The standard InChI is InChI=1S/C14H22ClN3O/c1-3-6-12-13(15)16-10-17-14(12)18(2)9-11-7-4-5-8-19-11/h10-11H,3-9H2,1-2H3. The Hall–Kier alpha value is -0.870. The second kappa shape index (κ2) is 7.06. The predicted molar refractivity (Wildman–Crippen MR) is 77.9 cm³/mol. The highest BCUT2D eigenvalue weighted by Gasteiger charge is 2.19. The van der Waals surface area contributed by atoms with E-state index in [1.165, 1.54) is 19.2 Å². The van der Waals surface area contributed by atoms with Gasteiger partial charge in [-0.25, -0.2) is 9.97 Å². The Morgan fingerprint density at radius 1 is 1.42 bits per heavy atom. The Labute approximate surface area is 120 Å². The molecule has 1 fully saturated rings. The maximum atomic E-state index is 6.19. The summed E-state index contributed by atoms with van der Waals surface area (Å²) in [6.07, 6.45) is 7.35. The van der Waals surface area contributed by atoms with Gasteiger partial charge < -0.3 is 9.64 Å². The minimum atomic E-state index is 0.307. The van der Waals surface area contributed by atoms with Gasteiger partial charge in [-0.2, -0.15) is 0 Å². The van der Waals surface area contributed by atoms with Crippen LogP contribution in [0.4, 0.5) is 5.82 Å². The molecule has 1 aliphatic rings. The fourth-order valence-electron chi connectivity index (χ4n) is 2.52. The van der Waals surface area contributed by atoms with Gasteiger partial charge in [-0.15, -0.1) is 0 Å². The quantitative estimate of drug-likeness (QED) is 0.779. The molecular formula is C14H22ClN3O. The molecule has 0 radical (unpaired) electrons. The zero-order valence-electron chi connectivity index (χ0n) is 11.7. The second-order valence-electron chi connectivity index (χ2n) is 5.09. The summed E-state index contributed by atoms with van der Waals surface area (Å²) in [5.41, 5.74) is 1.05. The lowest BCUT2D eigenvalue weighted by atomic mass is 10.1. The van der Waals surface area contributed by atoms with Crippen LogP contribution in [0.1, 0.15) is 38.2 Å². The first kappa shape index (κ1) is 14.5. The first-order chi connectivity index (χ1) is 9.22. The van der Waals surface area contributed by atoms with Crippen LogP contribution in [-0.4, -0.2) is 36.3 Å². The Bertz CT molecular complexity index is 408. The molecule has 0 N–H and O–H groups in total. The molecule has 0 spiro atoms. The zero-order chi connectivity index (χ0) is 13.7. The van der Waals surface area contributed by atoms with Crippen LogP contribution in [0.3, 0.4) is 0 Å². The fraction of sp³-hybridized carbons (Fsp3) is 0.714. The molecule has 1 unspecified atom stereocenters. The van der Waals surface area contributed by atoms with Crippen molar-refractivity contribution in [2.45, 2.75) is 45.1 Å². The van der Waals surface area contributed by atoms with Crippen molar-refractivity contribution >= 4 is 17.4 Å². The summed E-state index contributed by atoms with van der Waals surface area (Å²) in [6, 6.07) is 0. The number of anilines is 1. The smallest absolute Gasteiger partial charge is 0.137 e. The third kappa shape index (κ3) is 3.80. The Morgan fingerprint density at radius 2 is 2.26 bits per heavy atom. The third-order valence-corrected chi connectivity index (χ3v) is 3.81. The summed E-state index contributed by atoms with van der Waals surface area (Å²) in [4.78, 5) is 10.6. The van der Waals surface area contributed by atoms with E-state index in [0.717, 1.165) is 43.8 Å². The summed E-state index contributed by atoms with van der Waals surface area (Å²) >= 11 is 6.19. The SMILES string of the molecule is CCCc1c(Cl)ncnc1N(C)CC1CCCCO1. The first-order valence-electron chi connectivity index (χ1n) is 7.04. The number of rotatable bonds is 5. The van der Waals surface area contributed by atoms with Crippen molar-refractivity contribution in [3.05, 3.63) is 17.0 Å². The lowest BCUT2D eigenvalue weighted by molar-refractivity contribution is 0.0215. The van der Waals surface area contributed by atoms with E-state index in [0.29, 0.717) is 11.3 Å². The highest BCUT2D eigenvalue weighted by Crippen LogP contribution is 2.25. The molecule has 1 atom stereocenters. The summed E-state index contributed by atoms with van der Waals surface area (Å²) in [7, 11) is 2.05. The van der Waals surface area contributed by atoms with E-state index in [-0.39, 0.29) is 0 Å². The second-order valence-corrected chi connectivity index (χ2v) is 5.44. The van der Waals surface area contributed by atoms with Crippen molar-refractivity contribution in [2.24, 2.45) is 0 Å². The maximum Gasteiger partial charge on any atom is 0.137 e. The number of nitrogens with zero attached hydrogens (tertiary/aromatic N) is 3. The van der Waals surface area contributed by atoms with Crippen LogP contribution in [0, 0.1) is 0 Å².